The van der Waals surface area contributed by atoms with Crippen LogP contribution in [-0.2, 0) is 0 Å². The molecule has 1 aliphatic heterocycles. The number of rotatable bonds is 5. The number of benzene rings is 1. The van der Waals surface area contributed by atoms with Crippen LogP contribution < -0.4 is 15.5 Å². The molecule has 1 aromatic rings. The van der Waals surface area contributed by atoms with Gasteiger partial charge in [0.1, 0.15) is 6.04 Å². The molecule has 0 bridgehead atoms. The number of hydrogen-bond donors (Lipinski definition) is 3. The third-order valence-corrected chi connectivity index (χ3v) is 4.16. The maximum atomic E-state index is 11.9. The Balaban J connectivity index is 1.82. The van der Waals surface area contributed by atoms with Crippen LogP contribution in [0.15, 0.2) is 24.3 Å². The number of quaternary nitrogens is 1. The van der Waals surface area contributed by atoms with Crippen molar-refractivity contribution in [2.24, 2.45) is 0 Å². The Morgan fingerprint density at radius 2 is 2.04 bits per heavy atom. The number of nitrogens with zero attached hydrogens (tertiary/aromatic N) is 1. The van der Waals surface area contributed by atoms with Crippen LogP contribution in [0.5, 0.6) is 0 Å². The summed E-state index contributed by atoms with van der Waals surface area (Å²) < 4.78 is 0. The lowest BCUT2D eigenvalue weighted by Crippen LogP contribution is -3.14. The highest BCUT2D eigenvalue weighted by atomic mass is 16.6. The van der Waals surface area contributed by atoms with E-state index in [-0.39, 0.29) is 11.3 Å². The summed E-state index contributed by atoms with van der Waals surface area (Å²) in [5, 5.41) is 15.5. The minimum Gasteiger partial charge on any atom is -0.332 e. The van der Waals surface area contributed by atoms with E-state index < -0.39 is 16.9 Å². The molecular formula is C15H21N4O4+. The number of carbonyl (C=O) groups excluding carboxylic acids is 2. The van der Waals surface area contributed by atoms with Crippen LogP contribution in [0.2, 0.25) is 0 Å². The van der Waals surface area contributed by atoms with Crippen molar-refractivity contribution in [1.29, 1.82) is 0 Å². The summed E-state index contributed by atoms with van der Waals surface area (Å²) in [6, 6.07) is 4.94. The summed E-state index contributed by atoms with van der Waals surface area (Å²) in [5.41, 5.74) is 0.0993. The fourth-order valence-corrected chi connectivity index (χ4v) is 2.87. The topological polar surface area (TPSA) is 106 Å². The van der Waals surface area contributed by atoms with Crippen molar-refractivity contribution in [3.63, 3.8) is 0 Å². The molecule has 1 heterocycles. The molecule has 1 aromatic carbocycles. The molecule has 23 heavy (non-hydrogen) atoms. The van der Waals surface area contributed by atoms with E-state index in [4.69, 9.17) is 0 Å². The molecule has 3 amide bonds. The molecule has 3 N–H and O–H groups in total. The molecule has 0 radical (unpaired) electrons. The van der Waals surface area contributed by atoms with Gasteiger partial charge in [-0.25, -0.2) is 4.79 Å². The van der Waals surface area contributed by atoms with Gasteiger partial charge in [0, 0.05) is 30.5 Å². The van der Waals surface area contributed by atoms with E-state index >= 15 is 0 Å². The van der Waals surface area contributed by atoms with Crippen LogP contribution in [0.25, 0.3) is 0 Å². The second-order valence-electron chi connectivity index (χ2n) is 5.57. The van der Waals surface area contributed by atoms with Crippen molar-refractivity contribution in [2.45, 2.75) is 25.8 Å². The molecular weight excluding hydrogens is 300 g/mol. The molecule has 1 fully saturated rings. The van der Waals surface area contributed by atoms with Crippen molar-refractivity contribution in [3.05, 3.63) is 39.9 Å². The summed E-state index contributed by atoms with van der Waals surface area (Å²) in [5.74, 6) is -0.580. The van der Waals surface area contributed by atoms with Gasteiger partial charge in [0.2, 0.25) is 0 Å². The highest BCUT2D eigenvalue weighted by molar-refractivity contribution is 6.04. The summed E-state index contributed by atoms with van der Waals surface area (Å²) in [7, 11) is 0. The Morgan fingerprint density at radius 1 is 1.35 bits per heavy atom. The van der Waals surface area contributed by atoms with Gasteiger partial charge < -0.3 is 10.2 Å². The Labute approximate surface area is 134 Å². The lowest BCUT2D eigenvalue weighted by molar-refractivity contribution is -0.909. The predicted molar refractivity (Wildman–Crippen MR) is 83.4 cm³/mol. The number of urea groups is 1. The molecule has 8 heteroatoms. The first-order valence-electron chi connectivity index (χ1n) is 7.69. The molecule has 2 rings (SSSR count). The SMILES string of the molecule is CC[NH+]1CCC[C@@H]1CNC(=O)NC(=O)c1ccc([N+](=O)[O-])cc1. The van der Waals surface area contributed by atoms with Crippen LogP contribution in [0.4, 0.5) is 10.5 Å². The number of likely N-dealkylation sites (N-methyl/N-ethyl adjacent to an activating group) is 1. The minimum atomic E-state index is -0.580. The number of imide groups is 1. The fraction of sp³-hybridized carbons (Fsp3) is 0.467. The van der Waals surface area contributed by atoms with Gasteiger partial charge in [-0.1, -0.05) is 0 Å². The first-order chi connectivity index (χ1) is 11.0. The number of hydrogen-bond acceptors (Lipinski definition) is 4. The lowest BCUT2D eigenvalue weighted by atomic mass is 10.2. The molecule has 2 atom stereocenters. The molecule has 1 unspecified atom stereocenters. The quantitative estimate of drug-likeness (QED) is 0.528. The zero-order chi connectivity index (χ0) is 16.8. The van der Waals surface area contributed by atoms with Gasteiger partial charge in [-0.2, -0.15) is 0 Å². The van der Waals surface area contributed by atoms with Gasteiger partial charge in [0.05, 0.1) is 24.6 Å². The molecule has 0 aliphatic carbocycles. The van der Waals surface area contributed by atoms with Crippen LogP contribution in [0, 0.1) is 10.1 Å². The molecule has 0 spiro atoms. The van der Waals surface area contributed by atoms with E-state index in [1.54, 1.807) is 0 Å². The summed E-state index contributed by atoms with van der Waals surface area (Å²) in [4.78, 5) is 35.2. The Kier molecular flexibility index (Phi) is 5.64. The highest BCUT2D eigenvalue weighted by Gasteiger charge is 2.27. The molecule has 124 valence electrons. The van der Waals surface area contributed by atoms with Gasteiger partial charge >= 0.3 is 6.03 Å². The van der Waals surface area contributed by atoms with E-state index in [1.807, 2.05) is 0 Å². The van der Waals surface area contributed by atoms with Crippen molar-refractivity contribution in [2.75, 3.05) is 19.6 Å². The van der Waals surface area contributed by atoms with Gasteiger partial charge in [-0.3, -0.25) is 20.2 Å². The first kappa shape index (κ1) is 16.9. The standard InChI is InChI=1S/C15H20N4O4/c1-2-18-9-3-4-13(18)10-16-15(21)17-14(20)11-5-7-12(8-6-11)19(22)23/h5-8,13H,2-4,9-10H2,1H3,(H2,16,17,20,21)/p+1/t13-/m1/s1. The number of likely N-dealkylation sites (tertiary alicyclic amines) is 1. The lowest BCUT2D eigenvalue weighted by Gasteiger charge is -2.20. The average molecular weight is 321 g/mol. The van der Waals surface area contributed by atoms with Crippen LogP contribution in [0.1, 0.15) is 30.1 Å². The minimum absolute atomic E-state index is 0.102. The van der Waals surface area contributed by atoms with Crippen molar-refractivity contribution < 1.29 is 19.4 Å². The van der Waals surface area contributed by atoms with Gasteiger partial charge in [-0.15, -0.1) is 0 Å². The summed E-state index contributed by atoms with van der Waals surface area (Å²) in [6.07, 6.45) is 2.22. The Hall–Kier alpha value is -2.48. The second-order valence-corrected chi connectivity index (χ2v) is 5.57. The van der Waals surface area contributed by atoms with Crippen molar-refractivity contribution in [3.8, 4) is 0 Å². The van der Waals surface area contributed by atoms with Crippen LogP contribution >= 0.6 is 0 Å². The predicted octanol–water partition coefficient (Wildman–Crippen LogP) is 0.101. The van der Waals surface area contributed by atoms with Crippen LogP contribution in [0.3, 0.4) is 0 Å². The zero-order valence-electron chi connectivity index (χ0n) is 13.0. The van der Waals surface area contributed by atoms with E-state index in [0.717, 1.165) is 25.9 Å². The fourth-order valence-electron chi connectivity index (χ4n) is 2.87. The Bertz CT molecular complexity index is 588. The Morgan fingerprint density at radius 3 is 2.65 bits per heavy atom. The van der Waals surface area contributed by atoms with E-state index in [0.29, 0.717) is 12.6 Å². The third kappa shape index (κ3) is 4.49. The van der Waals surface area contributed by atoms with E-state index in [2.05, 4.69) is 17.6 Å². The van der Waals surface area contributed by atoms with Gasteiger partial charge in [0.25, 0.3) is 11.6 Å². The highest BCUT2D eigenvalue weighted by Crippen LogP contribution is 2.11. The molecule has 8 nitrogen and oxygen atoms in total. The molecule has 0 aromatic heterocycles. The zero-order valence-corrected chi connectivity index (χ0v) is 13.0. The third-order valence-electron chi connectivity index (χ3n) is 4.16. The number of amides is 3. The largest absolute Gasteiger partial charge is 0.332 e. The summed E-state index contributed by atoms with van der Waals surface area (Å²) in [6.45, 7) is 4.79. The molecule has 1 aliphatic rings. The average Bonchev–Trinajstić information content (AvgIpc) is 3.00. The van der Waals surface area contributed by atoms with E-state index in [9.17, 15) is 19.7 Å². The maximum absolute atomic E-state index is 11.9. The number of nitro benzene ring substituents is 1. The van der Waals surface area contributed by atoms with Gasteiger partial charge in [-0.05, 0) is 19.1 Å². The number of carbonyl (C=O) groups is 2. The van der Waals surface area contributed by atoms with E-state index in [1.165, 1.54) is 29.2 Å². The van der Waals surface area contributed by atoms with Crippen LogP contribution in [-0.4, -0.2) is 42.5 Å². The summed E-state index contributed by atoms with van der Waals surface area (Å²) >= 11 is 0. The van der Waals surface area contributed by atoms with Crippen molar-refractivity contribution in [1.82, 2.24) is 10.6 Å². The molecule has 0 saturated carbocycles. The normalized spacial score (nSPS) is 20.0. The smallest absolute Gasteiger partial charge is 0.321 e. The number of non-ortho nitro benzene ring substituents is 1. The monoisotopic (exact) mass is 321 g/mol. The van der Waals surface area contributed by atoms with Crippen molar-refractivity contribution >= 4 is 17.6 Å². The number of nitrogens with one attached hydrogen (secondary N) is 3. The molecule has 1 saturated heterocycles. The number of nitro groups is 1. The van der Waals surface area contributed by atoms with Gasteiger partial charge in [0.15, 0.2) is 0 Å². The maximum Gasteiger partial charge on any atom is 0.321 e. The first-order valence-corrected chi connectivity index (χ1v) is 7.69. The second kappa shape index (κ2) is 7.68.